The van der Waals surface area contributed by atoms with Gasteiger partial charge in [0.1, 0.15) is 0 Å². The van der Waals surface area contributed by atoms with Gasteiger partial charge in [-0.05, 0) is 36.8 Å². The molecule has 1 aliphatic carbocycles. The van der Waals surface area contributed by atoms with Crippen molar-refractivity contribution < 1.29 is 19.1 Å². The number of nitrogens with one attached hydrogen (secondary N) is 1. The predicted octanol–water partition coefficient (Wildman–Crippen LogP) is 3.53. The number of aryl methyl sites for hydroxylation is 1. The Morgan fingerprint density at radius 2 is 2.04 bits per heavy atom. The van der Waals surface area contributed by atoms with Gasteiger partial charge < -0.3 is 14.8 Å². The van der Waals surface area contributed by atoms with E-state index in [1.807, 2.05) is 6.07 Å². The number of carboxylic acids is 1. The summed E-state index contributed by atoms with van der Waals surface area (Å²) in [6.45, 7) is 0. The number of aliphatic carboxylic acids is 1. The number of carbonyl (C=O) groups is 2. The van der Waals surface area contributed by atoms with Gasteiger partial charge in [0, 0.05) is 18.9 Å². The molecule has 0 bridgehead atoms. The van der Waals surface area contributed by atoms with Crippen molar-refractivity contribution in [3.05, 3.63) is 24.2 Å². The van der Waals surface area contributed by atoms with Gasteiger partial charge in [-0.15, -0.1) is 0 Å². The van der Waals surface area contributed by atoms with Gasteiger partial charge in [-0.25, -0.2) is 0 Å². The van der Waals surface area contributed by atoms with Crippen molar-refractivity contribution in [1.82, 2.24) is 5.32 Å². The summed E-state index contributed by atoms with van der Waals surface area (Å²) in [6, 6.07) is 1.84. The number of carboxylic acid groups (broad SMARTS) is 1. The van der Waals surface area contributed by atoms with Crippen molar-refractivity contribution in [2.24, 2.45) is 5.92 Å². The maximum atomic E-state index is 12.1. The molecule has 0 aliphatic heterocycles. The van der Waals surface area contributed by atoms with Crippen LogP contribution in [-0.4, -0.2) is 23.0 Å². The lowest BCUT2D eigenvalue weighted by molar-refractivity contribution is -0.137. The van der Waals surface area contributed by atoms with Crippen molar-refractivity contribution in [3.8, 4) is 0 Å². The molecule has 1 heterocycles. The maximum Gasteiger partial charge on any atom is 0.303 e. The summed E-state index contributed by atoms with van der Waals surface area (Å²) in [5, 5.41) is 12.0. The van der Waals surface area contributed by atoms with Gasteiger partial charge in [-0.3, -0.25) is 9.59 Å². The number of hydrogen-bond acceptors (Lipinski definition) is 3. The zero-order valence-electron chi connectivity index (χ0n) is 13.6. The SMILES string of the molecule is O=C(O)CCC(CC1CCCCC1)NC(=O)CCc1ccoc1. The van der Waals surface area contributed by atoms with Crippen LogP contribution in [0.15, 0.2) is 23.0 Å². The van der Waals surface area contributed by atoms with Gasteiger partial charge in [0.2, 0.25) is 5.91 Å². The van der Waals surface area contributed by atoms with Gasteiger partial charge in [0.05, 0.1) is 12.5 Å². The molecule has 1 atom stereocenters. The smallest absolute Gasteiger partial charge is 0.303 e. The molecule has 5 heteroatoms. The Morgan fingerprint density at radius 1 is 1.26 bits per heavy atom. The Bertz CT molecular complexity index is 477. The Morgan fingerprint density at radius 3 is 2.70 bits per heavy atom. The summed E-state index contributed by atoms with van der Waals surface area (Å²) in [6.07, 6.45) is 12.1. The molecule has 0 aromatic carbocycles. The van der Waals surface area contributed by atoms with E-state index in [4.69, 9.17) is 9.52 Å². The zero-order chi connectivity index (χ0) is 16.5. The Balaban J connectivity index is 1.79. The molecule has 1 saturated carbocycles. The summed E-state index contributed by atoms with van der Waals surface area (Å²) < 4.78 is 5.00. The lowest BCUT2D eigenvalue weighted by Crippen LogP contribution is -2.37. The topological polar surface area (TPSA) is 79.5 Å². The van der Waals surface area contributed by atoms with E-state index in [2.05, 4.69) is 5.32 Å². The van der Waals surface area contributed by atoms with Gasteiger partial charge in [0.25, 0.3) is 0 Å². The van der Waals surface area contributed by atoms with E-state index in [9.17, 15) is 9.59 Å². The van der Waals surface area contributed by atoms with Crippen LogP contribution in [-0.2, 0) is 16.0 Å². The molecular weight excluding hydrogens is 294 g/mol. The normalized spacial score (nSPS) is 16.9. The largest absolute Gasteiger partial charge is 0.481 e. The minimum absolute atomic E-state index is 0.00241. The molecule has 0 spiro atoms. The molecule has 5 nitrogen and oxygen atoms in total. The fourth-order valence-corrected chi connectivity index (χ4v) is 3.36. The van der Waals surface area contributed by atoms with Crippen LogP contribution in [0.3, 0.4) is 0 Å². The third-order valence-corrected chi connectivity index (χ3v) is 4.64. The van der Waals surface area contributed by atoms with Gasteiger partial charge in [0.15, 0.2) is 0 Å². The van der Waals surface area contributed by atoms with Crippen molar-refractivity contribution >= 4 is 11.9 Å². The number of furan rings is 1. The molecule has 1 unspecified atom stereocenters. The molecule has 1 aromatic rings. The van der Waals surface area contributed by atoms with Crippen LogP contribution in [0.1, 0.15) is 63.4 Å². The zero-order valence-corrected chi connectivity index (χ0v) is 13.6. The van der Waals surface area contributed by atoms with Gasteiger partial charge in [-0.2, -0.15) is 0 Å². The molecule has 1 aliphatic rings. The summed E-state index contributed by atoms with van der Waals surface area (Å²) >= 11 is 0. The molecule has 1 fully saturated rings. The van der Waals surface area contributed by atoms with Crippen LogP contribution in [0.5, 0.6) is 0 Å². The van der Waals surface area contributed by atoms with Crippen LogP contribution < -0.4 is 5.32 Å². The highest BCUT2D eigenvalue weighted by Gasteiger charge is 2.21. The third kappa shape index (κ3) is 6.89. The van der Waals surface area contributed by atoms with E-state index in [1.54, 1.807) is 12.5 Å². The Labute approximate surface area is 137 Å². The molecule has 1 amide bonds. The highest BCUT2D eigenvalue weighted by atomic mass is 16.4. The molecule has 0 radical (unpaired) electrons. The van der Waals surface area contributed by atoms with E-state index < -0.39 is 5.97 Å². The van der Waals surface area contributed by atoms with Crippen molar-refractivity contribution in [2.45, 2.75) is 70.3 Å². The highest BCUT2D eigenvalue weighted by Crippen LogP contribution is 2.28. The van der Waals surface area contributed by atoms with Crippen LogP contribution in [0, 0.1) is 5.92 Å². The fraction of sp³-hybridized carbons (Fsp3) is 0.667. The number of amides is 1. The minimum atomic E-state index is -0.800. The van der Waals surface area contributed by atoms with Crippen LogP contribution >= 0.6 is 0 Å². The maximum absolute atomic E-state index is 12.1. The standard InChI is InChI=1S/C18H27NO4/c20-17(8-6-15-10-11-23-13-15)19-16(7-9-18(21)22)12-14-4-2-1-3-5-14/h10-11,13-14,16H,1-9,12H2,(H,19,20)(H,21,22). The summed E-state index contributed by atoms with van der Waals surface area (Å²) in [4.78, 5) is 23.0. The monoisotopic (exact) mass is 321 g/mol. The van der Waals surface area contributed by atoms with E-state index in [0.717, 1.165) is 12.0 Å². The second-order valence-electron chi connectivity index (χ2n) is 6.57. The molecular formula is C18H27NO4. The number of carbonyl (C=O) groups excluding carboxylic acids is 1. The lowest BCUT2D eigenvalue weighted by Gasteiger charge is -2.27. The summed E-state index contributed by atoms with van der Waals surface area (Å²) in [5.41, 5.74) is 1.01. The predicted molar refractivity (Wildman–Crippen MR) is 87.0 cm³/mol. The average molecular weight is 321 g/mol. The van der Waals surface area contributed by atoms with E-state index in [1.165, 1.54) is 32.1 Å². The first-order valence-electron chi connectivity index (χ1n) is 8.65. The Kier molecular flexibility index (Phi) is 7.17. The van der Waals surface area contributed by atoms with E-state index in [0.29, 0.717) is 25.2 Å². The van der Waals surface area contributed by atoms with Crippen molar-refractivity contribution in [3.63, 3.8) is 0 Å². The van der Waals surface area contributed by atoms with Crippen molar-refractivity contribution in [1.29, 1.82) is 0 Å². The molecule has 2 rings (SSSR count). The quantitative estimate of drug-likeness (QED) is 0.729. The average Bonchev–Trinajstić information content (AvgIpc) is 3.05. The van der Waals surface area contributed by atoms with Gasteiger partial charge >= 0.3 is 5.97 Å². The van der Waals surface area contributed by atoms with Crippen LogP contribution in [0.4, 0.5) is 0 Å². The first kappa shape index (κ1) is 17.6. The number of rotatable bonds is 9. The minimum Gasteiger partial charge on any atom is -0.481 e. The van der Waals surface area contributed by atoms with E-state index in [-0.39, 0.29) is 18.4 Å². The Hall–Kier alpha value is -1.78. The highest BCUT2D eigenvalue weighted by molar-refractivity contribution is 5.76. The first-order valence-corrected chi connectivity index (χ1v) is 8.65. The molecule has 1 aromatic heterocycles. The molecule has 128 valence electrons. The molecule has 23 heavy (non-hydrogen) atoms. The molecule has 2 N–H and O–H groups in total. The second-order valence-corrected chi connectivity index (χ2v) is 6.57. The first-order chi connectivity index (χ1) is 11.1. The second kappa shape index (κ2) is 9.38. The van der Waals surface area contributed by atoms with Gasteiger partial charge in [-0.1, -0.05) is 32.1 Å². The van der Waals surface area contributed by atoms with Crippen LogP contribution in [0.2, 0.25) is 0 Å². The summed E-state index contributed by atoms with van der Waals surface area (Å²) in [5.74, 6) is -0.180. The number of hydrogen-bond donors (Lipinski definition) is 2. The summed E-state index contributed by atoms with van der Waals surface area (Å²) in [7, 11) is 0. The van der Waals surface area contributed by atoms with Crippen molar-refractivity contribution in [2.75, 3.05) is 0 Å². The lowest BCUT2D eigenvalue weighted by atomic mass is 9.84. The fourth-order valence-electron chi connectivity index (χ4n) is 3.36. The van der Waals surface area contributed by atoms with E-state index >= 15 is 0 Å². The third-order valence-electron chi connectivity index (χ3n) is 4.64. The molecule has 0 saturated heterocycles. The van der Waals surface area contributed by atoms with Crippen LogP contribution in [0.25, 0.3) is 0 Å².